The highest BCUT2D eigenvalue weighted by Gasteiger charge is 2.43. The molecule has 3 atom stereocenters. The van der Waals surface area contributed by atoms with Gasteiger partial charge in [-0.25, -0.2) is 0 Å². The first-order valence-electron chi connectivity index (χ1n) is 10.8. The van der Waals surface area contributed by atoms with E-state index in [1.165, 1.54) is 4.90 Å². The van der Waals surface area contributed by atoms with Crippen LogP contribution in [0.25, 0.3) is 0 Å². The number of amides is 2. The quantitative estimate of drug-likeness (QED) is 0.739. The molecule has 31 heavy (non-hydrogen) atoms. The molecule has 3 rings (SSSR count). The third-order valence-electron chi connectivity index (χ3n) is 5.71. The Labute approximate surface area is 183 Å². The Morgan fingerprint density at radius 1 is 1.26 bits per heavy atom. The third kappa shape index (κ3) is 5.34. The van der Waals surface area contributed by atoms with E-state index in [-0.39, 0.29) is 36.1 Å². The van der Waals surface area contributed by atoms with Crippen molar-refractivity contribution in [2.75, 3.05) is 6.54 Å². The number of benzene rings is 1. The van der Waals surface area contributed by atoms with Crippen molar-refractivity contribution < 1.29 is 19.2 Å². The molecule has 0 saturated carbocycles. The van der Waals surface area contributed by atoms with Crippen molar-refractivity contribution in [3.8, 4) is 0 Å². The van der Waals surface area contributed by atoms with Crippen molar-refractivity contribution in [3.63, 3.8) is 0 Å². The van der Waals surface area contributed by atoms with Crippen molar-refractivity contribution >= 4 is 11.8 Å². The predicted molar refractivity (Wildman–Crippen MR) is 117 cm³/mol. The summed E-state index contributed by atoms with van der Waals surface area (Å²) in [4.78, 5) is 27.9. The van der Waals surface area contributed by atoms with Gasteiger partial charge >= 0.3 is 0 Å². The lowest BCUT2D eigenvalue weighted by atomic mass is 9.88. The molecule has 7 nitrogen and oxygen atoms in total. The number of hydrogen-bond donors (Lipinski definition) is 2. The number of carbonyl (C=O) groups excluding carboxylic acids is 2. The number of aromatic nitrogens is 1. The third-order valence-corrected chi connectivity index (χ3v) is 5.71. The van der Waals surface area contributed by atoms with Crippen molar-refractivity contribution in [2.45, 2.75) is 71.1 Å². The molecule has 2 N–H and O–H groups in total. The van der Waals surface area contributed by atoms with Gasteiger partial charge in [0.2, 0.25) is 11.8 Å². The van der Waals surface area contributed by atoms with Crippen LogP contribution in [-0.2, 0) is 21.5 Å². The van der Waals surface area contributed by atoms with Gasteiger partial charge in [-0.15, -0.1) is 0 Å². The fourth-order valence-electron chi connectivity index (χ4n) is 3.91. The Hall–Kier alpha value is -2.67. The Morgan fingerprint density at radius 3 is 2.52 bits per heavy atom. The van der Waals surface area contributed by atoms with E-state index in [9.17, 15) is 14.7 Å². The van der Waals surface area contributed by atoms with Crippen LogP contribution < -0.4 is 5.32 Å². The number of hydrogen-bond acceptors (Lipinski definition) is 5. The monoisotopic (exact) mass is 427 g/mol. The molecule has 1 aliphatic rings. The largest absolute Gasteiger partial charge is 0.391 e. The molecule has 1 aromatic carbocycles. The highest BCUT2D eigenvalue weighted by molar-refractivity contribution is 5.91. The smallest absolute Gasteiger partial charge is 0.243 e. The summed E-state index contributed by atoms with van der Waals surface area (Å²) in [5, 5.41) is 17.3. The summed E-state index contributed by atoms with van der Waals surface area (Å²) in [5.74, 6) is -0.612. The highest BCUT2D eigenvalue weighted by Crippen LogP contribution is 2.33. The molecule has 1 aromatic heterocycles. The van der Waals surface area contributed by atoms with Gasteiger partial charge in [-0.2, -0.15) is 0 Å². The van der Waals surface area contributed by atoms with Gasteiger partial charge in [-0.05, 0) is 11.5 Å². The number of nitrogens with one attached hydrogen (secondary N) is 1. The zero-order valence-electron chi connectivity index (χ0n) is 19.0. The predicted octanol–water partition coefficient (Wildman–Crippen LogP) is 2.99. The standard InChI is InChI=1S/C24H33N3O4/c1-15(2)21(19-12-20(26-31-19)24(3,4)5)23(30)27-14-17(28)11-18(27)22(29)25-13-16-9-7-6-8-10-16/h6-10,12,15,17-18,21,28H,11,13-14H2,1-5H3,(H,25,29). The summed E-state index contributed by atoms with van der Waals surface area (Å²) >= 11 is 0. The first-order valence-corrected chi connectivity index (χ1v) is 10.8. The molecule has 2 aromatic rings. The molecule has 3 unspecified atom stereocenters. The van der Waals surface area contributed by atoms with E-state index in [0.717, 1.165) is 11.3 Å². The topological polar surface area (TPSA) is 95.7 Å². The second-order valence-corrected chi connectivity index (χ2v) is 9.69. The van der Waals surface area contributed by atoms with Gasteiger partial charge in [0.15, 0.2) is 0 Å². The van der Waals surface area contributed by atoms with Crippen molar-refractivity contribution in [3.05, 3.63) is 53.4 Å². The lowest BCUT2D eigenvalue weighted by Gasteiger charge is -2.28. The molecule has 1 aliphatic heterocycles. The number of aliphatic hydroxyl groups excluding tert-OH is 1. The summed E-state index contributed by atoms with van der Waals surface area (Å²) in [6.45, 7) is 10.5. The molecular formula is C24H33N3O4. The minimum Gasteiger partial charge on any atom is -0.391 e. The van der Waals surface area contributed by atoms with Crippen LogP contribution in [0, 0.1) is 5.92 Å². The number of likely N-dealkylation sites (tertiary alicyclic amines) is 1. The van der Waals surface area contributed by atoms with Crippen LogP contribution >= 0.6 is 0 Å². The van der Waals surface area contributed by atoms with Gasteiger partial charge < -0.3 is 19.8 Å². The number of rotatable bonds is 6. The molecular weight excluding hydrogens is 394 g/mol. The van der Waals surface area contributed by atoms with E-state index >= 15 is 0 Å². The second-order valence-electron chi connectivity index (χ2n) is 9.69. The SMILES string of the molecule is CC(C)C(C(=O)N1CC(O)CC1C(=O)NCc1ccccc1)c1cc(C(C)(C)C)no1. The number of aliphatic hydroxyl groups is 1. The van der Waals surface area contributed by atoms with Crippen molar-refractivity contribution in [1.82, 2.24) is 15.4 Å². The molecule has 1 saturated heterocycles. The average molecular weight is 428 g/mol. The molecule has 0 bridgehead atoms. The van der Waals surface area contributed by atoms with E-state index in [0.29, 0.717) is 12.3 Å². The summed E-state index contributed by atoms with van der Waals surface area (Å²) in [6.07, 6.45) is -0.509. The number of nitrogens with zero attached hydrogens (tertiary/aromatic N) is 2. The van der Waals surface area contributed by atoms with E-state index in [4.69, 9.17) is 4.52 Å². The lowest BCUT2D eigenvalue weighted by Crippen LogP contribution is -2.48. The summed E-state index contributed by atoms with van der Waals surface area (Å²) in [5.41, 5.74) is 1.55. The van der Waals surface area contributed by atoms with Crippen molar-refractivity contribution in [1.29, 1.82) is 0 Å². The molecule has 0 aliphatic carbocycles. The maximum atomic E-state index is 13.5. The van der Waals surface area contributed by atoms with Crippen LogP contribution in [0.5, 0.6) is 0 Å². The minimum absolute atomic E-state index is 0.0564. The second kappa shape index (κ2) is 9.22. The lowest BCUT2D eigenvalue weighted by molar-refractivity contribution is -0.141. The minimum atomic E-state index is -0.732. The summed E-state index contributed by atoms with van der Waals surface area (Å²) < 4.78 is 5.56. The first-order chi connectivity index (χ1) is 14.6. The molecule has 168 valence electrons. The molecule has 1 fully saturated rings. The Balaban J connectivity index is 1.77. The van der Waals surface area contributed by atoms with Gasteiger partial charge in [-0.1, -0.05) is 70.1 Å². The van der Waals surface area contributed by atoms with Crippen LogP contribution in [0.2, 0.25) is 0 Å². The van der Waals surface area contributed by atoms with E-state index in [2.05, 4.69) is 10.5 Å². The molecule has 0 spiro atoms. The Bertz CT molecular complexity index is 901. The molecule has 7 heteroatoms. The first kappa shape index (κ1) is 23.0. The zero-order valence-corrected chi connectivity index (χ0v) is 19.0. The Morgan fingerprint density at radius 2 is 1.94 bits per heavy atom. The summed E-state index contributed by atoms with van der Waals surface area (Å²) in [6, 6.07) is 10.7. The van der Waals surface area contributed by atoms with E-state index in [1.54, 1.807) is 0 Å². The van der Waals surface area contributed by atoms with Gasteiger partial charge in [0.05, 0.1) is 11.8 Å². The number of β-amino-alcohol motifs (C(OH)–C–C–N with tert-alkyl or cyclic N) is 1. The average Bonchev–Trinajstić information content (AvgIpc) is 3.34. The van der Waals surface area contributed by atoms with Gasteiger partial charge in [0.1, 0.15) is 17.7 Å². The van der Waals surface area contributed by atoms with Gasteiger partial charge in [0.25, 0.3) is 0 Å². The van der Waals surface area contributed by atoms with Crippen LogP contribution in [0.4, 0.5) is 0 Å². The van der Waals surface area contributed by atoms with Gasteiger partial charge in [-0.3, -0.25) is 9.59 Å². The zero-order chi connectivity index (χ0) is 22.8. The van der Waals surface area contributed by atoms with Crippen LogP contribution in [-0.4, -0.2) is 45.7 Å². The molecule has 2 amide bonds. The van der Waals surface area contributed by atoms with Crippen LogP contribution in [0.1, 0.15) is 64.0 Å². The van der Waals surface area contributed by atoms with Crippen LogP contribution in [0.3, 0.4) is 0 Å². The van der Waals surface area contributed by atoms with Crippen LogP contribution in [0.15, 0.2) is 40.9 Å². The van der Waals surface area contributed by atoms with E-state index < -0.39 is 18.1 Å². The molecule has 0 radical (unpaired) electrons. The summed E-state index contributed by atoms with van der Waals surface area (Å²) in [7, 11) is 0. The fourth-order valence-corrected chi connectivity index (χ4v) is 3.91. The maximum Gasteiger partial charge on any atom is 0.243 e. The maximum absolute atomic E-state index is 13.5. The normalized spacial score (nSPS) is 20.2. The molecule has 2 heterocycles. The number of carbonyl (C=O) groups is 2. The highest BCUT2D eigenvalue weighted by atomic mass is 16.5. The van der Waals surface area contributed by atoms with Crippen molar-refractivity contribution in [2.24, 2.45) is 5.92 Å². The Kier molecular flexibility index (Phi) is 6.84. The fraction of sp³-hybridized carbons (Fsp3) is 0.542. The van der Waals surface area contributed by atoms with Gasteiger partial charge in [0, 0.05) is 31.0 Å². The van der Waals surface area contributed by atoms with E-state index in [1.807, 2.05) is 71.0 Å².